The summed E-state index contributed by atoms with van der Waals surface area (Å²) in [6.07, 6.45) is 1.85. The second-order valence-electron chi connectivity index (χ2n) is 14.4. The summed E-state index contributed by atoms with van der Waals surface area (Å²) in [5, 5.41) is 6.80. The third-order valence-corrected chi connectivity index (χ3v) is 11.2. The van der Waals surface area contributed by atoms with Crippen LogP contribution in [0.5, 0.6) is 0 Å². The van der Waals surface area contributed by atoms with Gasteiger partial charge in [-0.1, -0.05) is 84.9 Å². The highest BCUT2D eigenvalue weighted by molar-refractivity contribution is 6.24. The van der Waals surface area contributed by atoms with Crippen molar-refractivity contribution in [3.05, 3.63) is 169 Å². The molecule has 0 unspecified atom stereocenters. The second kappa shape index (κ2) is 11.3. The fourth-order valence-corrected chi connectivity index (χ4v) is 8.80. The number of rotatable bonds is 4. The SMILES string of the molecule is Cc1cc(-c2ccc3c4c5oc6ccccc6c5ccc4n(-c4ccccn4)c3c2)c2nc(-c3cccc4c3[nH]c3ccccc34)n(-c3ccccc3)c2c1. The van der Waals surface area contributed by atoms with Crippen molar-refractivity contribution in [1.29, 1.82) is 0 Å². The number of benzene rings is 7. The van der Waals surface area contributed by atoms with Crippen molar-refractivity contribution in [1.82, 2.24) is 24.1 Å². The zero-order chi connectivity index (χ0) is 36.2. The van der Waals surface area contributed by atoms with Gasteiger partial charge in [-0.3, -0.25) is 9.13 Å². The van der Waals surface area contributed by atoms with Gasteiger partial charge in [0, 0.05) is 55.5 Å². The minimum absolute atomic E-state index is 0.853. The first-order valence-electron chi connectivity index (χ1n) is 18.6. The molecular formula is C49H31N5O. The fourth-order valence-electron chi connectivity index (χ4n) is 8.80. The summed E-state index contributed by atoms with van der Waals surface area (Å²) in [7, 11) is 0. The molecule has 0 radical (unpaired) electrons. The number of aromatic amines is 1. The lowest BCUT2D eigenvalue weighted by molar-refractivity contribution is 0.673. The molecule has 6 nitrogen and oxygen atoms in total. The molecule has 12 rings (SSSR count). The van der Waals surface area contributed by atoms with Gasteiger partial charge in [-0.25, -0.2) is 9.97 Å². The van der Waals surface area contributed by atoms with Crippen LogP contribution in [-0.2, 0) is 0 Å². The molecule has 0 spiro atoms. The fraction of sp³-hybridized carbons (Fsp3) is 0.0204. The van der Waals surface area contributed by atoms with Gasteiger partial charge >= 0.3 is 0 Å². The lowest BCUT2D eigenvalue weighted by atomic mass is 9.99. The number of furan rings is 1. The molecule has 6 heteroatoms. The Labute approximate surface area is 314 Å². The van der Waals surface area contributed by atoms with E-state index in [2.05, 4.69) is 155 Å². The van der Waals surface area contributed by atoms with E-state index < -0.39 is 0 Å². The Balaban J connectivity index is 1.16. The van der Waals surface area contributed by atoms with Gasteiger partial charge in [0.05, 0.1) is 33.0 Å². The zero-order valence-corrected chi connectivity index (χ0v) is 29.8. The van der Waals surface area contributed by atoms with E-state index in [0.717, 1.165) is 105 Å². The van der Waals surface area contributed by atoms with E-state index in [4.69, 9.17) is 14.4 Å². The van der Waals surface area contributed by atoms with Crippen molar-refractivity contribution in [2.24, 2.45) is 0 Å². The summed E-state index contributed by atoms with van der Waals surface area (Å²) in [4.78, 5) is 14.2. The average molecular weight is 706 g/mol. The minimum atomic E-state index is 0.853. The average Bonchev–Trinajstić information content (AvgIpc) is 3.99. The molecule has 0 atom stereocenters. The summed E-state index contributed by atoms with van der Waals surface area (Å²) >= 11 is 0. The van der Waals surface area contributed by atoms with Crippen LogP contribution in [0.4, 0.5) is 0 Å². The van der Waals surface area contributed by atoms with Crippen LogP contribution < -0.4 is 0 Å². The maximum Gasteiger partial charge on any atom is 0.147 e. The Kier molecular flexibility index (Phi) is 6.17. The molecular weight excluding hydrogens is 675 g/mol. The molecule has 0 saturated heterocycles. The van der Waals surface area contributed by atoms with Crippen LogP contribution in [-0.4, -0.2) is 24.1 Å². The Morgan fingerprint density at radius 1 is 0.564 bits per heavy atom. The lowest BCUT2D eigenvalue weighted by Crippen LogP contribution is -1.98. The third kappa shape index (κ3) is 4.30. The largest absolute Gasteiger partial charge is 0.455 e. The molecule has 0 aliphatic carbocycles. The van der Waals surface area contributed by atoms with Gasteiger partial charge in [0.2, 0.25) is 0 Å². The van der Waals surface area contributed by atoms with Crippen LogP contribution in [0.2, 0.25) is 0 Å². The number of nitrogens with zero attached hydrogens (tertiary/aromatic N) is 4. The lowest BCUT2D eigenvalue weighted by Gasteiger charge is -2.11. The van der Waals surface area contributed by atoms with Crippen LogP contribution in [0.1, 0.15) is 5.56 Å². The van der Waals surface area contributed by atoms with Crippen LogP contribution in [0, 0.1) is 6.92 Å². The van der Waals surface area contributed by atoms with E-state index in [0.29, 0.717) is 0 Å². The number of H-pyrrole nitrogens is 1. The normalized spacial score (nSPS) is 12.1. The molecule has 5 aromatic heterocycles. The van der Waals surface area contributed by atoms with Crippen LogP contribution >= 0.6 is 0 Å². The first-order valence-corrected chi connectivity index (χ1v) is 18.6. The minimum Gasteiger partial charge on any atom is -0.455 e. The first-order chi connectivity index (χ1) is 27.2. The van der Waals surface area contributed by atoms with Gasteiger partial charge in [0.15, 0.2) is 0 Å². The molecule has 7 aromatic carbocycles. The number of para-hydroxylation sites is 4. The first kappa shape index (κ1) is 30.1. The van der Waals surface area contributed by atoms with Crippen molar-refractivity contribution in [2.45, 2.75) is 6.92 Å². The van der Waals surface area contributed by atoms with E-state index in [1.165, 1.54) is 10.8 Å². The highest BCUT2D eigenvalue weighted by Gasteiger charge is 2.23. The Morgan fingerprint density at radius 3 is 2.25 bits per heavy atom. The van der Waals surface area contributed by atoms with Crippen LogP contribution in [0.3, 0.4) is 0 Å². The number of hydrogen-bond donors (Lipinski definition) is 1. The quantitative estimate of drug-likeness (QED) is 0.198. The molecule has 0 saturated carbocycles. The Bertz CT molecular complexity index is 3490. The summed E-state index contributed by atoms with van der Waals surface area (Å²) < 4.78 is 11.2. The van der Waals surface area contributed by atoms with Gasteiger partial charge in [0.25, 0.3) is 0 Å². The maximum atomic E-state index is 6.61. The zero-order valence-electron chi connectivity index (χ0n) is 29.8. The van der Waals surface area contributed by atoms with E-state index >= 15 is 0 Å². The molecule has 0 amide bonds. The third-order valence-electron chi connectivity index (χ3n) is 11.2. The predicted molar refractivity (Wildman–Crippen MR) is 225 cm³/mol. The summed E-state index contributed by atoms with van der Waals surface area (Å²) in [6, 6.07) is 55.6. The number of imidazole rings is 1. The Hall–Kier alpha value is -7.44. The number of aromatic nitrogens is 5. The smallest absolute Gasteiger partial charge is 0.147 e. The highest BCUT2D eigenvalue weighted by Crippen LogP contribution is 2.43. The number of fused-ring (bicyclic) bond motifs is 11. The van der Waals surface area contributed by atoms with Crippen LogP contribution in [0.25, 0.3) is 111 Å². The molecule has 12 aromatic rings. The molecule has 0 aliphatic heterocycles. The summed E-state index contributed by atoms with van der Waals surface area (Å²) in [5.41, 5.74) is 13.5. The highest BCUT2D eigenvalue weighted by atomic mass is 16.3. The van der Waals surface area contributed by atoms with Crippen molar-refractivity contribution in [2.75, 3.05) is 0 Å². The number of nitrogens with one attached hydrogen (secondary N) is 1. The van der Waals surface area contributed by atoms with Gasteiger partial charge in [0.1, 0.15) is 22.8 Å². The number of pyridine rings is 1. The second-order valence-corrected chi connectivity index (χ2v) is 14.4. The van der Waals surface area contributed by atoms with Gasteiger partial charge in [-0.15, -0.1) is 0 Å². The monoisotopic (exact) mass is 705 g/mol. The van der Waals surface area contributed by atoms with Gasteiger partial charge in [-0.2, -0.15) is 0 Å². The van der Waals surface area contributed by atoms with E-state index in [1.807, 2.05) is 30.5 Å². The van der Waals surface area contributed by atoms with Gasteiger partial charge < -0.3 is 9.40 Å². The maximum absolute atomic E-state index is 6.61. The number of hydrogen-bond acceptors (Lipinski definition) is 3. The molecule has 0 bridgehead atoms. The topological polar surface area (TPSA) is 64.6 Å². The molecule has 5 heterocycles. The van der Waals surface area contributed by atoms with E-state index in [9.17, 15) is 0 Å². The summed E-state index contributed by atoms with van der Waals surface area (Å²) in [5.74, 6) is 1.74. The van der Waals surface area contributed by atoms with Crippen molar-refractivity contribution >= 4 is 76.6 Å². The van der Waals surface area contributed by atoms with Crippen molar-refractivity contribution in [3.8, 4) is 34.0 Å². The molecule has 1 N–H and O–H groups in total. The van der Waals surface area contributed by atoms with Crippen molar-refractivity contribution in [3.63, 3.8) is 0 Å². The summed E-state index contributed by atoms with van der Waals surface area (Å²) in [6.45, 7) is 2.17. The van der Waals surface area contributed by atoms with Crippen molar-refractivity contribution < 1.29 is 4.42 Å². The molecule has 0 aliphatic rings. The Morgan fingerprint density at radius 2 is 1.36 bits per heavy atom. The van der Waals surface area contributed by atoms with Crippen LogP contribution in [0.15, 0.2) is 168 Å². The molecule has 0 fully saturated rings. The predicted octanol–water partition coefficient (Wildman–Crippen LogP) is 12.7. The van der Waals surface area contributed by atoms with Gasteiger partial charge in [-0.05, 0) is 90.8 Å². The van der Waals surface area contributed by atoms with E-state index in [1.54, 1.807) is 0 Å². The molecule has 55 heavy (non-hydrogen) atoms. The van der Waals surface area contributed by atoms with E-state index in [-0.39, 0.29) is 0 Å². The number of aryl methyl sites for hydroxylation is 1. The molecule has 258 valence electrons. The standard InChI is InChI=1S/C49H31N5O/c1-29-26-38(47-42(27-29)53(31-12-3-2-4-13-31)49(52-47)37-17-11-16-34-32-14-5-7-18-39(32)51-46(34)37)30-21-22-36-41(28-30)54(44-20-9-10-25-50-44)40-24-23-35-33-15-6-8-19-43(33)55-48(35)45(36)40/h2-28,51H,1H3.